The second-order valence-corrected chi connectivity index (χ2v) is 5.71. The summed E-state index contributed by atoms with van der Waals surface area (Å²) in [5.74, 6) is -1.10. The molecule has 0 N–H and O–H groups in total. The molecule has 5 nitrogen and oxygen atoms in total. The number of pyridine rings is 1. The van der Waals surface area contributed by atoms with Gasteiger partial charge in [0.1, 0.15) is 0 Å². The van der Waals surface area contributed by atoms with Crippen LogP contribution < -0.4 is 0 Å². The lowest BCUT2D eigenvalue weighted by Gasteiger charge is -2.22. The number of aromatic nitrogens is 1. The average molecular weight is 305 g/mol. The Morgan fingerprint density at radius 2 is 1.68 bits per heavy atom. The monoisotopic (exact) mass is 305 g/mol. The lowest BCUT2D eigenvalue weighted by molar-refractivity contribution is -0.168. The number of methoxy groups -OCH3 is 2. The Morgan fingerprint density at radius 3 is 2.14 bits per heavy atom. The van der Waals surface area contributed by atoms with E-state index in [1.807, 2.05) is 6.92 Å². The zero-order chi connectivity index (χ0) is 16.5. The van der Waals surface area contributed by atoms with Crippen LogP contribution in [-0.2, 0) is 44.7 Å². The van der Waals surface area contributed by atoms with Crippen LogP contribution in [0.25, 0.3) is 0 Å². The summed E-state index contributed by atoms with van der Waals surface area (Å²) in [6.07, 6.45) is 2.27. The molecule has 0 aliphatic heterocycles. The minimum absolute atomic E-state index is 0.250. The lowest BCUT2D eigenvalue weighted by atomic mass is 9.84. The van der Waals surface area contributed by atoms with E-state index in [0.717, 1.165) is 35.4 Å². The van der Waals surface area contributed by atoms with E-state index in [9.17, 15) is 9.59 Å². The third-order valence-electron chi connectivity index (χ3n) is 4.66. The highest BCUT2D eigenvalue weighted by atomic mass is 16.5. The van der Waals surface area contributed by atoms with Gasteiger partial charge in [0.2, 0.25) is 0 Å². The normalized spacial score (nSPS) is 15.3. The molecule has 0 atom stereocenters. The molecule has 0 amide bonds. The van der Waals surface area contributed by atoms with Crippen molar-refractivity contribution < 1.29 is 19.1 Å². The number of rotatable bonds is 4. The van der Waals surface area contributed by atoms with Gasteiger partial charge in [-0.25, -0.2) is 0 Å². The molecule has 1 aliphatic carbocycles. The molecule has 2 rings (SSSR count). The number of ether oxygens (including phenoxy) is 2. The maximum atomic E-state index is 12.3. The van der Waals surface area contributed by atoms with Gasteiger partial charge in [-0.3, -0.25) is 14.6 Å². The number of fused-ring (bicyclic) bond motifs is 1. The minimum atomic E-state index is -1.29. The summed E-state index contributed by atoms with van der Waals surface area (Å²) in [6.45, 7) is 6.21. The van der Waals surface area contributed by atoms with Crippen LogP contribution >= 0.6 is 0 Å². The molecule has 0 spiro atoms. The molecule has 1 aliphatic rings. The van der Waals surface area contributed by atoms with Gasteiger partial charge >= 0.3 is 11.9 Å². The van der Waals surface area contributed by atoms with Crippen molar-refractivity contribution in [1.82, 2.24) is 4.98 Å². The topological polar surface area (TPSA) is 65.5 Å². The Kier molecular flexibility index (Phi) is 4.54. The quantitative estimate of drug-likeness (QED) is 0.628. The van der Waals surface area contributed by atoms with Gasteiger partial charge in [0.15, 0.2) is 5.41 Å². The van der Waals surface area contributed by atoms with E-state index in [4.69, 9.17) is 14.5 Å². The lowest BCUT2D eigenvalue weighted by Crippen LogP contribution is -2.42. The van der Waals surface area contributed by atoms with Gasteiger partial charge in [0.25, 0.3) is 0 Å². The van der Waals surface area contributed by atoms with Gasteiger partial charge in [0, 0.05) is 24.2 Å². The van der Waals surface area contributed by atoms with Crippen molar-refractivity contribution >= 4 is 11.9 Å². The van der Waals surface area contributed by atoms with Crippen molar-refractivity contribution in [3.05, 3.63) is 28.1 Å². The van der Waals surface area contributed by atoms with E-state index >= 15 is 0 Å². The van der Waals surface area contributed by atoms with Crippen LogP contribution in [0.15, 0.2) is 0 Å². The number of aryl methyl sites for hydroxylation is 1. The number of hydrogen-bond donors (Lipinski definition) is 0. The van der Waals surface area contributed by atoms with Gasteiger partial charge in [-0.2, -0.15) is 0 Å². The van der Waals surface area contributed by atoms with E-state index in [1.165, 1.54) is 19.8 Å². The Morgan fingerprint density at radius 1 is 1.09 bits per heavy atom. The molecule has 22 heavy (non-hydrogen) atoms. The van der Waals surface area contributed by atoms with Crippen molar-refractivity contribution in [2.75, 3.05) is 14.2 Å². The number of esters is 2. The first-order chi connectivity index (χ1) is 10.4. The van der Waals surface area contributed by atoms with Crippen LogP contribution in [-0.4, -0.2) is 31.1 Å². The van der Waals surface area contributed by atoms with Crippen LogP contribution in [0, 0.1) is 12.3 Å². The summed E-state index contributed by atoms with van der Waals surface area (Å²) in [7, 11) is 2.59. The third kappa shape index (κ3) is 2.28. The number of carbonyl (C=O) groups excluding carboxylic acids is 2. The summed E-state index contributed by atoms with van der Waals surface area (Å²) in [5, 5.41) is 0. The summed E-state index contributed by atoms with van der Waals surface area (Å²) >= 11 is 0. The highest BCUT2D eigenvalue weighted by Gasteiger charge is 2.53. The molecule has 1 aromatic rings. The van der Waals surface area contributed by atoms with Crippen molar-refractivity contribution in [2.45, 2.75) is 46.5 Å². The van der Waals surface area contributed by atoms with Crippen molar-refractivity contribution in [3.8, 4) is 0 Å². The number of nitrogens with zero attached hydrogens (tertiary/aromatic N) is 1. The van der Waals surface area contributed by atoms with Crippen LogP contribution in [0.5, 0.6) is 0 Å². The molecule has 5 heteroatoms. The SMILES string of the molecule is CCc1nc2c(c(C)c1CC)CC(C(=O)OC)(C(=O)OC)C2. The van der Waals surface area contributed by atoms with Gasteiger partial charge in [0.05, 0.1) is 14.2 Å². The molecule has 1 heterocycles. The minimum Gasteiger partial charge on any atom is -0.468 e. The van der Waals surface area contributed by atoms with E-state index in [2.05, 4.69) is 13.8 Å². The summed E-state index contributed by atoms with van der Waals surface area (Å²) in [6, 6.07) is 0. The fraction of sp³-hybridized carbons (Fsp3) is 0.588. The second kappa shape index (κ2) is 6.07. The first-order valence-corrected chi connectivity index (χ1v) is 7.62. The average Bonchev–Trinajstić information content (AvgIpc) is 2.94. The highest BCUT2D eigenvalue weighted by molar-refractivity contribution is 6.01. The third-order valence-corrected chi connectivity index (χ3v) is 4.66. The van der Waals surface area contributed by atoms with E-state index in [1.54, 1.807) is 0 Å². The van der Waals surface area contributed by atoms with Crippen LogP contribution in [0.4, 0.5) is 0 Å². The maximum absolute atomic E-state index is 12.3. The molecular weight excluding hydrogens is 282 g/mol. The van der Waals surface area contributed by atoms with Crippen LogP contribution in [0.3, 0.4) is 0 Å². The van der Waals surface area contributed by atoms with Crippen LogP contribution in [0.1, 0.15) is 41.9 Å². The first-order valence-electron chi connectivity index (χ1n) is 7.62. The molecule has 120 valence electrons. The molecule has 0 saturated carbocycles. The smallest absolute Gasteiger partial charge is 0.323 e. The molecule has 0 radical (unpaired) electrons. The predicted molar refractivity (Wildman–Crippen MR) is 81.6 cm³/mol. The van der Waals surface area contributed by atoms with Gasteiger partial charge < -0.3 is 9.47 Å². The molecule has 0 unspecified atom stereocenters. The van der Waals surface area contributed by atoms with Crippen molar-refractivity contribution in [1.29, 1.82) is 0 Å². The Hall–Kier alpha value is -1.91. The number of carbonyl (C=O) groups is 2. The molecule has 0 bridgehead atoms. The largest absolute Gasteiger partial charge is 0.468 e. The zero-order valence-electron chi connectivity index (χ0n) is 13.9. The summed E-state index contributed by atoms with van der Waals surface area (Å²) < 4.78 is 9.75. The standard InChI is InChI=1S/C17H23NO4/c1-6-11-10(3)12-8-17(15(19)21-4,16(20)22-5)9-14(12)18-13(11)7-2/h6-9H2,1-5H3. The zero-order valence-corrected chi connectivity index (χ0v) is 13.9. The summed E-state index contributed by atoms with van der Waals surface area (Å²) in [5.41, 5.74) is 3.92. The van der Waals surface area contributed by atoms with Crippen LogP contribution in [0.2, 0.25) is 0 Å². The molecule has 0 aromatic carbocycles. The highest BCUT2D eigenvalue weighted by Crippen LogP contribution is 2.41. The second-order valence-electron chi connectivity index (χ2n) is 5.71. The molecular formula is C17H23NO4. The predicted octanol–water partition coefficient (Wildman–Crippen LogP) is 1.95. The van der Waals surface area contributed by atoms with Crippen molar-refractivity contribution in [3.63, 3.8) is 0 Å². The van der Waals surface area contributed by atoms with Crippen molar-refractivity contribution in [2.24, 2.45) is 5.41 Å². The molecule has 0 saturated heterocycles. The Bertz CT molecular complexity index is 606. The number of hydrogen-bond acceptors (Lipinski definition) is 5. The fourth-order valence-electron chi connectivity index (χ4n) is 3.47. The molecule has 1 aromatic heterocycles. The van der Waals surface area contributed by atoms with Gasteiger partial charge in [-0.1, -0.05) is 13.8 Å². The molecule has 0 fully saturated rings. The van der Waals surface area contributed by atoms with Gasteiger partial charge in [-0.05, 0) is 36.5 Å². The summed E-state index contributed by atoms with van der Waals surface area (Å²) in [4.78, 5) is 29.3. The Balaban J connectivity index is 2.58. The van der Waals surface area contributed by atoms with E-state index in [0.29, 0.717) is 6.42 Å². The maximum Gasteiger partial charge on any atom is 0.323 e. The fourth-order valence-corrected chi connectivity index (χ4v) is 3.47. The van der Waals surface area contributed by atoms with Gasteiger partial charge in [-0.15, -0.1) is 0 Å². The van der Waals surface area contributed by atoms with E-state index < -0.39 is 17.4 Å². The Labute approximate surface area is 131 Å². The van der Waals surface area contributed by atoms with E-state index in [-0.39, 0.29) is 6.42 Å². The first kappa shape index (κ1) is 16.5.